The zero-order chi connectivity index (χ0) is 14.7. The van der Waals surface area contributed by atoms with Crippen molar-refractivity contribution in [2.75, 3.05) is 5.32 Å². The Kier molecular flexibility index (Phi) is 4.78. The lowest BCUT2D eigenvalue weighted by atomic mass is 9.89. The monoisotopic (exact) mass is 261 g/mol. The summed E-state index contributed by atoms with van der Waals surface area (Å²) < 4.78 is 0. The van der Waals surface area contributed by atoms with Gasteiger partial charge in [-0.25, -0.2) is 0 Å². The lowest BCUT2D eigenvalue weighted by molar-refractivity contribution is -0.123. The highest BCUT2D eigenvalue weighted by Gasteiger charge is 2.21. The van der Waals surface area contributed by atoms with E-state index in [4.69, 9.17) is 0 Å². The van der Waals surface area contributed by atoms with Crippen molar-refractivity contribution in [3.8, 4) is 0 Å². The van der Waals surface area contributed by atoms with Gasteiger partial charge in [-0.3, -0.25) is 4.79 Å². The van der Waals surface area contributed by atoms with Gasteiger partial charge in [0.2, 0.25) is 5.91 Å². The molecule has 1 aromatic carbocycles. The van der Waals surface area contributed by atoms with Gasteiger partial charge in [-0.2, -0.15) is 0 Å². The van der Waals surface area contributed by atoms with Crippen molar-refractivity contribution in [3.63, 3.8) is 0 Å². The van der Waals surface area contributed by atoms with Crippen molar-refractivity contribution in [3.05, 3.63) is 29.8 Å². The van der Waals surface area contributed by atoms with Gasteiger partial charge in [0.1, 0.15) is 0 Å². The fourth-order valence-corrected chi connectivity index (χ4v) is 1.59. The number of anilines is 1. The van der Waals surface area contributed by atoms with Gasteiger partial charge in [0, 0.05) is 11.1 Å². The highest BCUT2D eigenvalue weighted by atomic mass is 16.2. The summed E-state index contributed by atoms with van der Waals surface area (Å²) in [6.07, 6.45) is 2.25. The summed E-state index contributed by atoms with van der Waals surface area (Å²) >= 11 is 0. The first-order valence-corrected chi connectivity index (χ1v) is 6.98. The van der Waals surface area contributed by atoms with Gasteiger partial charge in [0.15, 0.2) is 0 Å². The Morgan fingerprint density at radius 2 is 1.53 bits per heavy atom. The van der Waals surface area contributed by atoms with Gasteiger partial charge < -0.3 is 5.32 Å². The Bertz CT molecular complexity index is 418. The Labute approximate surface area is 117 Å². The first-order chi connectivity index (χ1) is 8.58. The summed E-state index contributed by atoms with van der Waals surface area (Å²) in [5, 5.41) is 2.94. The van der Waals surface area contributed by atoms with Crippen LogP contribution in [-0.4, -0.2) is 5.91 Å². The minimum absolute atomic E-state index is 0.0509. The molecule has 1 amide bonds. The van der Waals surface area contributed by atoms with E-state index >= 15 is 0 Å². The van der Waals surface area contributed by atoms with E-state index in [1.807, 2.05) is 32.9 Å². The number of hydrogen-bond donors (Lipinski definition) is 1. The molecule has 0 fully saturated rings. The van der Waals surface area contributed by atoms with E-state index in [1.54, 1.807) is 0 Å². The molecule has 0 unspecified atom stereocenters. The molecular formula is C17H27NO. The van der Waals surface area contributed by atoms with Crippen LogP contribution in [0.5, 0.6) is 0 Å². The van der Waals surface area contributed by atoms with Crippen LogP contribution in [0.4, 0.5) is 5.69 Å². The summed E-state index contributed by atoms with van der Waals surface area (Å²) in [6.45, 7) is 12.5. The second-order valence-electron chi connectivity index (χ2n) is 7.46. The molecular weight excluding hydrogens is 234 g/mol. The lowest BCUT2D eigenvalue weighted by Crippen LogP contribution is -2.27. The summed E-state index contributed by atoms with van der Waals surface area (Å²) in [4.78, 5) is 11.9. The van der Waals surface area contributed by atoms with Gasteiger partial charge in [-0.05, 0) is 36.0 Å². The summed E-state index contributed by atoms with van der Waals surface area (Å²) in [5.41, 5.74) is 2.20. The van der Waals surface area contributed by atoms with Crippen molar-refractivity contribution in [2.45, 2.75) is 54.4 Å². The predicted molar refractivity (Wildman–Crippen MR) is 82.3 cm³/mol. The van der Waals surface area contributed by atoms with E-state index in [-0.39, 0.29) is 11.3 Å². The predicted octanol–water partition coefficient (Wildman–Crippen LogP) is 4.65. The standard InChI is InChI=1S/C17H27NO/c1-16(2,3)12-11-13-7-9-14(10-8-13)18-15(19)17(4,5)6/h7-10H,11-12H2,1-6H3,(H,18,19). The minimum atomic E-state index is -0.356. The summed E-state index contributed by atoms with van der Waals surface area (Å²) in [5.74, 6) is 0.0509. The van der Waals surface area contributed by atoms with Crippen LogP contribution in [0.15, 0.2) is 24.3 Å². The van der Waals surface area contributed by atoms with Crippen LogP contribution in [0.2, 0.25) is 0 Å². The van der Waals surface area contributed by atoms with Gasteiger partial charge in [0.25, 0.3) is 0 Å². The number of nitrogens with one attached hydrogen (secondary N) is 1. The maximum absolute atomic E-state index is 11.9. The third-order valence-electron chi connectivity index (χ3n) is 3.06. The van der Waals surface area contributed by atoms with Crippen LogP contribution in [0, 0.1) is 10.8 Å². The molecule has 0 saturated carbocycles. The third kappa shape index (κ3) is 5.91. The summed E-state index contributed by atoms with van der Waals surface area (Å²) in [7, 11) is 0. The number of aryl methyl sites for hydroxylation is 1. The average molecular weight is 261 g/mol. The van der Waals surface area contributed by atoms with Gasteiger partial charge in [-0.1, -0.05) is 53.7 Å². The van der Waals surface area contributed by atoms with Crippen LogP contribution in [-0.2, 0) is 11.2 Å². The molecule has 2 nitrogen and oxygen atoms in total. The molecule has 1 N–H and O–H groups in total. The molecule has 0 atom stereocenters. The van der Waals surface area contributed by atoms with Crippen LogP contribution in [0.1, 0.15) is 53.5 Å². The van der Waals surface area contributed by atoms with Crippen molar-refractivity contribution < 1.29 is 4.79 Å². The van der Waals surface area contributed by atoms with E-state index in [2.05, 4.69) is 38.2 Å². The van der Waals surface area contributed by atoms with Crippen molar-refractivity contribution >= 4 is 11.6 Å². The van der Waals surface area contributed by atoms with Gasteiger partial charge >= 0.3 is 0 Å². The molecule has 0 aliphatic carbocycles. The molecule has 2 heteroatoms. The molecule has 0 bridgehead atoms. The maximum Gasteiger partial charge on any atom is 0.229 e. The van der Waals surface area contributed by atoms with E-state index in [9.17, 15) is 4.79 Å². The molecule has 0 heterocycles. The summed E-state index contributed by atoms with van der Waals surface area (Å²) in [6, 6.07) is 8.18. The average Bonchev–Trinajstić information content (AvgIpc) is 2.26. The number of hydrogen-bond acceptors (Lipinski definition) is 1. The molecule has 0 spiro atoms. The van der Waals surface area contributed by atoms with Crippen LogP contribution >= 0.6 is 0 Å². The normalized spacial score (nSPS) is 12.3. The molecule has 0 aliphatic heterocycles. The second kappa shape index (κ2) is 5.77. The van der Waals surface area contributed by atoms with E-state index in [0.717, 1.165) is 12.1 Å². The second-order valence-corrected chi connectivity index (χ2v) is 7.46. The lowest BCUT2D eigenvalue weighted by Gasteiger charge is -2.19. The number of carbonyl (C=O) groups is 1. The fraction of sp³-hybridized carbons (Fsp3) is 0.588. The van der Waals surface area contributed by atoms with E-state index in [0.29, 0.717) is 5.41 Å². The minimum Gasteiger partial charge on any atom is -0.326 e. The number of benzene rings is 1. The molecule has 19 heavy (non-hydrogen) atoms. The Balaban J connectivity index is 2.60. The van der Waals surface area contributed by atoms with E-state index < -0.39 is 0 Å². The quantitative estimate of drug-likeness (QED) is 0.843. The van der Waals surface area contributed by atoms with E-state index in [1.165, 1.54) is 12.0 Å². The van der Waals surface area contributed by atoms with Gasteiger partial charge in [0.05, 0.1) is 0 Å². The fourth-order valence-electron chi connectivity index (χ4n) is 1.59. The topological polar surface area (TPSA) is 29.1 Å². The maximum atomic E-state index is 11.9. The van der Waals surface area contributed by atoms with Crippen LogP contribution in [0.3, 0.4) is 0 Å². The zero-order valence-corrected chi connectivity index (χ0v) is 13.1. The third-order valence-corrected chi connectivity index (χ3v) is 3.06. The van der Waals surface area contributed by atoms with Gasteiger partial charge in [-0.15, -0.1) is 0 Å². The first-order valence-electron chi connectivity index (χ1n) is 6.98. The Hall–Kier alpha value is -1.31. The molecule has 1 rings (SSSR count). The number of rotatable bonds is 3. The number of carbonyl (C=O) groups excluding carboxylic acids is 1. The highest BCUT2D eigenvalue weighted by Crippen LogP contribution is 2.22. The molecule has 0 saturated heterocycles. The highest BCUT2D eigenvalue weighted by molar-refractivity contribution is 5.94. The Morgan fingerprint density at radius 3 is 1.95 bits per heavy atom. The zero-order valence-electron chi connectivity index (χ0n) is 13.1. The molecule has 106 valence electrons. The largest absolute Gasteiger partial charge is 0.326 e. The molecule has 1 aromatic rings. The molecule has 0 aliphatic rings. The SMILES string of the molecule is CC(C)(C)CCc1ccc(NC(=O)C(C)(C)C)cc1. The van der Waals surface area contributed by atoms with Crippen molar-refractivity contribution in [1.29, 1.82) is 0 Å². The smallest absolute Gasteiger partial charge is 0.229 e. The van der Waals surface area contributed by atoms with Crippen molar-refractivity contribution in [2.24, 2.45) is 10.8 Å². The Morgan fingerprint density at radius 1 is 1.00 bits per heavy atom. The van der Waals surface area contributed by atoms with Crippen molar-refractivity contribution in [1.82, 2.24) is 0 Å². The first kappa shape index (κ1) is 15.7. The molecule has 0 radical (unpaired) electrons. The van der Waals surface area contributed by atoms with Crippen LogP contribution < -0.4 is 5.32 Å². The molecule has 0 aromatic heterocycles. The van der Waals surface area contributed by atoms with Crippen LogP contribution in [0.25, 0.3) is 0 Å². The number of amides is 1.